The molecule has 1 aromatic carbocycles. The van der Waals surface area contributed by atoms with Gasteiger partial charge in [0.15, 0.2) is 0 Å². The topological polar surface area (TPSA) is 62.6 Å². The summed E-state index contributed by atoms with van der Waals surface area (Å²) in [6.07, 6.45) is 4.63. The molecule has 0 aliphatic carbocycles. The van der Waals surface area contributed by atoms with Gasteiger partial charge in [-0.1, -0.05) is 19.1 Å². The van der Waals surface area contributed by atoms with Crippen LogP contribution in [-0.2, 0) is 13.6 Å². The Hall–Kier alpha value is -2.54. The Balaban J connectivity index is 1.51. The molecule has 2 heterocycles. The van der Waals surface area contributed by atoms with Gasteiger partial charge in [0.05, 0.1) is 19.7 Å². The van der Waals surface area contributed by atoms with Crippen molar-refractivity contribution in [3.63, 3.8) is 0 Å². The van der Waals surface area contributed by atoms with E-state index in [1.54, 1.807) is 7.11 Å². The smallest absolute Gasteiger partial charge is 0.317 e. The van der Waals surface area contributed by atoms with Crippen molar-refractivity contribution < 1.29 is 9.53 Å². The van der Waals surface area contributed by atoms with E-state index in [-0.39, 0.29) is 12.1 Å². The molecule has 146 valence electrons. The molecule has 0 spiro atoms. The van der Waals surface area contributed by atoms with Crippen molar-refractivity contribution >= 4 is 6.03 Å². The predicted octanol–water partition coefficient (Wildman–Crippen LogP) is 2.41. The van der Waals surface area contributed by atoms with E-state index in [1.807, 2.05) is 53.2 Å². The maximum atomic E-state index is 12.7. The van der Waals surface area contributed by atoms with Gasteiger partial charge in [-0.2, -0.15) is 0 Å². The lowest BCUT2D eigenvalue weighted by atomic mass is 10.0. The summed E-state index contributed by atoms with van der Waals surface area (Å²) < 4.78 is 7.25. The van der Waals surface area contributed by atoms with Gasteiger partial charge in [-0.3, -0.25) is 4.90 Å². The third-order valence-electron chi connectivity index (χ3n) is 5.17. The maximum Gasteiger partial charge on any atom is 0.317 e. The van der Waals surface area contributed by atoms with Gasteiger partial charge in [-0.15, -0.1) is 0 Å². The van der Waals surface area contributed by atoms with Gasteiger partial charge >= 0.3 is 6.03 Å². The Morgan fingerprint density at radius 1 is 1.22 bits per heavy atom. The second kappa shape index (κ2) is 8.90. The highest BCUT2D eigenvalue weighted by Gasteiger charge is 2.23. The van der Waals surface area contributed by atoms with Crippen molar-refractivity contribution in [3.05, 3.63) is 48.0 Å². The van der Waals surface area contributed by atoms with Crippen LogP contribution in [0.25, 0.3) is 0 Å². The summed E-state index contributed by atoms with van der Waals surface area (Å²) in [5.74, 6) is 1.88. The van der Waals surface area contributed by atoms with Crippen molar-refractivity contribution in [3.8, 4) is 5.75 Å². The van der Waals surface area contributed by atoms with E-state index in [9.17, 15) is 4.79 Å². The normalized spacial score (nSPS) is 16.2. The fourth-order valence-corrected chi connectivity index (χ4v) is 3.36. The van der Waals surface area contributed by atoms with Crippen molar-refractivity contribution in [2.75, 3.05) is 33.3 Å². The second-order valence-electron chi connectivity index (χ2n) is 6.90. The van der Waals surface area contributed by atoms with Crippen LogP contribution in [0.2, 0.25) is 0 Å². The molecule has 7 nitrogen and oxygen atoms in total. The number of urea groups is 1. The summed E-state index contributed by atoms with van der Waals surface area (Å²) >= 11 is 0. The number of hydrogen-bond acceptors (Lipinski definition) is 4. The highest BCUT2D eigenvalue weighted by Crippen LogP contribution is 2.20. The fourth-order valence-electron chi connectivity index (χ4n) is 3.36. The maximum absolute atomic E-state index is 12.7. The van der Waals surface area contributed by atoms with Gasteiger partial charge in [0, 0.05) is 45.6 Å². The Bertz CT molecular complexity index is 735. The highest BCUT2D eigenvalue weighted by atomic mass is 16.5. The van der Waals surface area contributed by atoms with E-state index < -0.39 is 0 Å². The average Bonchev–Trinajstić information content (AvgIpc) is 3.11. The summed E-state index contributed by atoms with van der Waals surface area (Å²) in [5, 5.41) is 3.17. The van der Waals surface area contributed by atoms with Crippen molar-refractivity contribution in [1.29, 1.82) is 0 Å². The van der Waals surface area contributed by atoms with Gasteiger partial charge in [0.25, 0.3) is 0 Å². The minimum Gasteiger partial charge on any atom is -0.497 e. The highest BCUT2D eigenvalue weighted by molar-refractivity contribution is 5.74. The average molecular weight is 371 g/mol. The summed E-state index contributed by atoms with van der Waals surface area (Å²) in [4.78, 5) is 21.3. The molecule has 27 heavy (non-hydrogen) atoms. The molecule has 1 aliphatic heterocycles. The van der Waals surface area contributed by atoms with Crippen molar-refractivity contribution in [2.24, 2.45) is 7.05 Å². The molecule has 1 saturated heterocycles. The number of piperazine rings is 1. The number of carbonyl (C=O) groups excluding carboxylic acids is 1. The number of methoxy groups -OCH3 is 1. The van der Waals surface area contributed by atoms with Gasteiger partial charge in [-0.25, -0.2) is 9.78 Å². The molecule has 7 heteroatoms. The zero-order valence-electron chi connectivity index (χ0n) is 16.4. The first-order valence-electron chi connectivity index (χ1n) is 9.48. The van der Waals surface area contributed by atoms with Gasteiger partial charge in [-0.05, 0) is 24.1 Å². The zero-order valence-corrected chi connectivity index (χ0v) is 16.4. The van der Waals surface area contributed by atoms with Crippen LogP contribution in [0.4, 0.5) is 4.79 Å². The first-order valence-corrected chi connectivity index (χ1v) is 9.48. The van der Waals surface area contributed by atoms with Gasteiger partial charge in [0.2, 0.25) is 0 Å². The molecule has 0 unspecified atom stereocenters. The molecule has 0 radical (unpaired) electrons. The number of carbonyl (C=O) groups is 1. The predicted molar refractivity (Wildman–Crippen MR) is 105 cm³/mol. The van der Waals surface area contributed by atoms with Gasteiger partial charge < -0.3 is 19.5 Å². The van der Waals surface area contributed by atoms with E-state index in [0.717, 1.165) is 56.3 Å². The Labute approximate surface area is 160 Å². The number of ether oxygens (including phenoxy) is 1. The zero-order chi connectivity index (χ0) is 19.2. The Kier molecular flexibility index (Phi) is 6.34. The number of nitrogens with one attached hydrogen (secondary N) is 1. The summed E-state index contributed by atoms with van der Waals surface area (Å²) in [6, 6.07) is 7.90. The van der Waals surface area contributed by atoms with Crippen LogP contribution in [0.15, 0.2) is 36.7 Å². The number of nitrogens with zero attached hydrogens (tertiary/aromatic N) is 4. The van der Waals surface area contributed by atoms with Crippen molar-refractivity contribution in [2.45, 2.75) is 25.9 Å². The van der Waals surface area contributed by atoms with E-state index in [1.165, 1.54) is 0 Å². The van der Waals surface area contributed by atoms with E-state index in [0.29, 0.717) is 0 Å². The van der Waals surface area contributed by atoms with Crippen molar-refractivity contribution in [1.82, 2.24) is 24.7 Å². The van der Waals surface area contributed by atoms with Gasteiger partial charge in [0.1, 0.15) is 11.6 Å². The van der Waals surface area contributed by atoms with Crippen LogP contribution in [0, 0.1) is 0 Å². The third kappa shape index (κ3) is 4.80. The molecular weight excluding hydrogens is 342 g/mol. The molecule has 1 fully saturated rings. The fraction of sp³-hybridized carbons (Fsp3) is 0.500. The largest absolute Gasteiger partial charge is 0.497 e. The SMILES string of the molecule is CC[C@@H](NC(=O)N1CCN(Cc2nccn2C)CC1)c1ccc(OC)cc1. The third-order valence-corrected chi connectivity index (χ3v) is 5.17. The van der Waals surface area contributed by atoms with E-state index >= 15 is 0 Å². The first-order chi connectivity index (χ1) is 13.1. The first kappa shape index (κ1) is 19.2. The number of amides is 2. The molecular formula is C20H29N5O2. The Morgan fingerprint density at radius 2 is 1.93 bits per heavy atom. The summed E-state index contributed by atoms with van der Waals surface area (Å²) in [7, 11) is 3.66. The number of hydrogen-bond donors (Lipinski definition) is 1. The van der Waals surface area contributed by atoms with E-state index in [2.05, 4.69) is 22.1 Å². The minimum atomic E-state index is 0.00834. The molecule has 1 atom stereocenters. The lowest BCUT2D eigenvalue weighted by molar-refractivity contribution is 0.131. The quantitative estimate of drug-likeness (QED) is 0.847. The summed E-state index contributed by atoms with van der Waals surface area (Å²) in [5.41, 5.74) is 1.10. The van der Waals surface area contributed by atoms with Crippen LogP contribution in [0.3, 0.4) is 0 Å². The molecule has 1 N–H and O–H groups in total. The monoisotopic (exact) mass is 371 g/mol. The van der Waals surface area contributed by atoms with Crippen LogP contribution < -0.4 is 10.1 Å². The second-order valence-corrected chi connectivity index (χ2v) is 6.90. The molecule has 2 aromatic rings. The van der Waals surface area contributed by atoms with Crippen LogP contribution in [0.5, 0.6) is 5.75 Å². The minimum absolute atomic E-state index is 0.00834. The molecule has 1 aromatic heterocycles. The summed E-state index contributed by atoms with van der Waals surface area (Å²) in [6.45, 7) is 6.09. The standard InChI is InChI=1S/C20H29N5O2/c1-4-18(16-5-7-17(27-3)8-6-16)22-20(26)25-13-11-24(12-14-25)15-19-21-9-10-23(19)2/h5-10,18H,4,11-15H2,1-3H3,(H,22,26)/t18-/m1/s1. The number of aromatic nitrogens is 2. The lowest BCUT2D eigenvalue weighted by Gasteiger charge is -2.35. The molecule has 2 amide bonds. The Morgan fingerprint density at radius 3 is 2.48 bits per heavy atom. The van der Waals surface area contributed by atoms with Crippen LogP contribution >= 0.6 is 0 Å². The molecule has 3 rings (SSSR count). The molecule has 1 aliphatic rings. The number of benzene rings is 1. The number of imidazole rings is 1. The van der Waals surface area contributed by atoms with E-state index in [4.69, 9.17) is 4.74 Å². The molecule has 0 saturated carbocycles. The lowest BCUT2D eigenvalue weighted by Crippen LogP contribution is -2.52. The van der Waals surface area contributed by atoms with Crippen LogP contribution in [-0.4, -0.2) is 58.7 Å². The number of rotatable bonds is 6. The number of aryl methyl sites for hydroxylation is 1. The van der Waals surface area contributed by atoms with Crippen LogP contribution in [0.1, 0.15) is 30.8 Å². The molecule has 0 bridgehead atoms.